The highest BCUT2D eigenvalue weighted by Crippen LogP contribution is 2.22. The molecule has 14 heavy (non-hydrogen) atoms. The third kappa shape index (κ3) is 2.69. The quantitative estimate of drug-likeness (QED) is 0.653. The van der Waals surface area contributed by atoms with Gasteiger partial charge >= 0.3 is 0 Å². The van der Waals surface area contributed by atoms with Gasteiger partial charge in [0.25, 0.3) is 0 Å². The second-order valence-electron chi connectivity index (χ2n) is 4.12. The Morgan fingerprint density at radius 2 is 2.43 bits per heavy atom. The molecule has 1 saturated heterocycles. The van der Waals surface area contributed by atoms with E-state index in [9.17, 15) is 4.79 Å². The van der Waals surface area contributed by atoms with Gasteiger partial charge in [-0.2, -0.15) is 0 Å². The average Bonchev–Trinajstić information content (AvgIpc) is 2.19. The summed E-state index contributed by atoms with van der Waals surface area (Å²) in [6.45, 7) is 2.59. The summed E-state index contributed by atoms with van der Waals surface area (Å²) in [6, 6.07) is 0. The molecule has 3 N–H and O–H groups in total. The van der Waals surface area contributed by atoms with Gasteiger partial charge < -0.3 is 16.0 Å². The van der Waals surface area contributed by atoms with Gasteiger partial charge in [0.2, 0.25) is 5.91 Å². The van der Waals surface area contributed by atoms with E-state index in [4.69, 9.17) is 5.73 Å². The zero-order valence-corrected chi connectivity index (χ0v) is 9.12. The van der Waals surface area contributed by atoms with Gasteiger partial charge in [-0.1, -0.05) is 0 Å². The summed E-state index contributed by atoms with van der Waals surface area (Å²) in [5.74, 6) is 0.509. The fourth-order valence-electron chi connectivity index (χ4n) is 2.23. The van der Waals surface area contributed by atoms with Crippen molar-refractivity contribution < 1.29 is 4.79 Å². The topological polar surface area (TPSA) is 58.4 Å². The normalized spacial score (nSPS) is 25.8. The molecule has 4 heteroatoms. The molecule has 0 aromatic rings. The highest BCUT2D eigenvalue weighted by Gasteiger charge is 2.29. The molecule has 1 rings (SSSR count). The smallest absolute Gasteiger partial charge is 0.224 e. The maximum absolute atomic E-state index is 11.5. The van der Waals surface area contributed by atoms with Crippen LogP contribution in [0.4, 0.5) is 0 Å². The zero-order valence-electron chi connectivity index (χ0n) is 9.12. The molecule has 0 unspecified atom stereocenters. The molecule has 2 atom stereocenters. The Balaban J connectivity index is 2.54. The van der Waals surface area contributed by atoms with E-state index in [2.05, 4.69) is 17.3 Å². The first-order valence-corrected chi connectivity index (χ1v) is 5.29. The Bertz CT molecular complexity index is 196. The number of nitrogens with one attached hydrogen (secondary N) is 1. The minimum atomic E-state index is -0.0113. The van der Waals surface area contributed by atoms with Crippen molar-refractivity contribution in [3.8, 4) is 0 Å². The largest absolute Gasteiger partial charge is 0.359 e. The van der Waals surface area contributed by atoms with E-state index < -0.39 is 0 Å². The van der Waals surface area contributed by atoms with Crippen molar-refractivity contribution in [2.75, 3.05) is 33.7 Å². The standard InChI is InChI=1S/C10H21N3O/c1-12-10(14)9(6-11)8-4-3-5-13(2)7-8/h8-9H,3-7,11H2,1-2H3,(H,12,14)/t8-,9-/m0/s1. The molecule has 0 radical (unpaired) electrons. The van der Waals surface area contributed by atoms with Crippen molar-refractivity contribution in [1.29, 1.82) is 0 Å². The number of nitrogens with two attached hydrogens (primary N) is 1. The fraction of sp³-hybridized carbons (Fsp3) is 0.900. The van der Waals surface area contributed by atoms with Crippen LogP contribution in [0.25, 0.3) is 0 Å². The number of carbonyl (C=O) groups excluding carboxylic acids is 1. The molecule has 1 heterocycles. The minimum absolute atomic E-state index is 0.0113. The van der Waals surface area contributed by atoms with Gasteiger partial charge in [-0.25, -0.2) is 0 Å². The van der Waals surface area contributed by atoms with Gasteiger partial charge in [-0.3, -0.25) is 4.79 Å². The summed E-state index contributed by atoms with van der Waals surface area (Å²) in [5, 5.41) is 2.69. The van der Waals surface area contributed by atoms with Crippen molar-refractivity contribution in [2.45, 2.75) is 12.8 Å². The number of hydrogen-bond donors (Lipinski definition) is 2. The lowest BCUT2D eigenvalue weighted by Gasteiger charge is -2.33. The molecule has 4 nitrogen and oxygen atoms in total. The lowest BCUT2D eigenvalue weighted by Crippen LogP contribution is -2.44. The second-order valence-corrected chi connectivity index (χ2v) is 4.12. The van der Waals surface area contributed by atoms with Crippen LogP contribution in [0.5, 0.6) is 0 Å². The van der Waals surface area contributed by atoms with Crippen LogP contribution in [0, 0.1) is 11.8 Å². The molecule has 0 aromatic heterocycles. The summed E-state index contributed by atoms with van der Waals surface area (Å²) in [5.41, 5.74) is 5.65. The lowest BCUT2D eigenvalue weighted by atomic mass is 9.85. The van der Waals surface area contributed by atoms with Gasteiger partial charge in [0, 0.05) is 20.1 Å². The number of amides is 1. The van der Waals surface area contributed by atoms with E-state index in [1.807, 2.05) is 0 Å². The molecular formula is C10H21N3O. The Labute approximate surface area is 85.8 Å². The fourth-order valence-corrected chi connectivity index (χ4v) is 2.23. The maximum Gasteiger partial charge on any atom is 0.224 e. The predicted molar refractivity (Wildman–Crippen MR) is 56.8 cm³/mol. The molecule has 1 aliphatic heterocycles. The predicted octanol–water partition coefficient (Wildman–Crippen LogP) is -0.351. The summed E-state index contributed by atoms with van der Waals surface area (Å²) in [7, 11) is 3.78. The molecule has 0 aromatic carbocycles. The Kier molecular flexibility index (Phi) is 4.35. The molecule has 0 saturated carbocycles. The third-order valence-electron chi connectivity index (χ3n) is 3.07. The van der Waals surface area contributed by atoms with Crippen LogP contribution in [0.1, 0.15) is 12.8 Å². The van der Waals surface area contributed by atoms with E-state index >= 15 is 0 Å². The van der Waals surface area contributed by atoms with Gasteiger partial charge in [0.1, 0.15) is 0 Å². The van der Waals surface area contributed by atoms with Crippen molar-refractivity contribution in [2.24, 2.45) is 17.6 Å². The SMILES string of the molecule is CNC(=O)[C@@H](CN)[C@H]1CCCN(C)C1. The first kappa shape index (κ1) is 11.5. The molecule has 1 amide bonds. The molecular weight excluding hydrogens is 178 g/mol. The molecule has 0 bridgehead atoms. The first-order valence-electron chi connectivity index (χ1n) is 5.29. The second kappa shape index (κ2) is 5.32. The van der Waals surface area contributed by atoms with Crippen LogP contribution < -0.4 is 11.1 Å². The van der Waals surface area contributed by atoms with E-state index in [0.29, 0.717) is 12.5 Å². The van der Waals surface area contributed by atoms with E-state index in [0.717, 1.165) is 19.5 Å². The molecule has 82 valence electrons. The summed E-state index contributed by atoms with van der Waals surface area (Å²) < 4.78 is 0. The molecule has 1 fully saturated rings. The minimum Gasteiger partial charge on any atom is -0.359 e. The van der Waals surface area contributed by atoms with Crippen molar-refractivity contribution in [1.82, 2.24) is 10.2 Å². The van der Waals surface area contributed by atoms with Crippen LogP contribution in [0.3, 0.4) is 0 Å². The van der Waals surface area contributed by atoms with E-state index in [1.165, 1.54) is 6.42 Å². The maximum atomic E-state index is 11.5. The van der Waals surface area contributed by atoms with Gasteiger partial charge in [0.05, 0.1) is 5.92 Å². The number of hydrogen-bond acceptors (Lipinski definition) is 3. The molecule has 0 aliphatic carbocycles. The third-order valence-corrected chi connectivity index (χ3v) is 3.07. The summed E-state index contributed by atoms with van der Waals surface area (Å²) in [6.07, 6.45) is 2.30. The van der Waals surface area contributed by atoms with Crippen LogP contribution in [-0.2, 0) is 4.79 Å². The highest BCUT2D eigenvalue weighted by molar-refractivity contribution is 5.78. The Morgan fingerprint density at radius 1 is 1.71 bits per heavy atom. The molecule has 0 spiro atoms. The summed E-state index contributed by atoms with van der Waals surface area (Å²) >= 11 is 0. The number of piperidine rings is 1. The number of likely N-dealkylation sites (tertiary alicyclic amines) is 1. The average molecular weight is 199 g/mol. The Hall–Kier alpha value is -0.610. The van der Waals surface area contributed by atoms with Gasteiger partial charge in [-0.15, -0.1) is 0 Å². The van der Waals surface area contributed by atoms with E-state index in [1.54, 1.807) is 7.05 Å². The van der Waals surface area contributed by atoms with Crippen LogP contribution in [0.2, 0.25) is 0 Å². The molecule has 1 aliphatic rings. The van der Waals surface area contributed by atoms with Crippen LogP contribution in [0.15, 0.2) is 0 Å². The lowest BCUT2D eigenvalue weighted by molar-refractivity contribution is -0.126. The number of nitrogens with zero attached hydrogens (tertiary/aromatic N) is 1. The summed E-state index contributed by atoms with van der Waals surface area (Å²) in [4.78, 5) is 13.8. The highest BCUT2D eigenvalue weighted by atomic mass is 16.1. The van der Waals surface area contributed by atoms with E-state index in [-0.39, 0.29) is 11.8 Å². The van der Waals surface area contributed by atoms with Gasteiger partial charge in [0.15, 0.2) is 0 Å². The number of carbonyl (C=O) groups is 1. The van der Waals surface area contributed by atoms with Crippen LogP contribution >= 0.6 is 0 Å². The van der Waals surface area contributed by atoms with Crippen molar-refractivity contribution in [3.63, 3.8) is 0 Å². The number of rotatable bonds is 3. The Morgan fingerprint density at radius 3 is 2.93 bits per heavy atom. The monoisotopic (exact) mass is 199 g/mol. The van der Waals surface area contributed by atoms with Crippen LogP contribution in [-0.4, -0.2) is 44.5 Å². The zero-order chi connectivity index (χ0) is 10.6. The van der Waals surface area contributed by atoms with Gasteiger partial charge in [-0.05, 0) is 32.4 Å². The van der Waals surface area contributed by atoms with Crippen molar-refractivity contribution in [3.05, 3.63) is 0 Å². The van der Waals surface area contributed by atoms with Crippen molar-refractivity contribution >= 4 is 5.91 Å². The first-order chi connectivity index (χ1) is 6.69.